The molecule has 0 fully saturated rings. The topological polar surface area (TPSA) is 48.1 Å². The molecule has 1 heterocycles. The molecule has 0 unspecified atom stereocenters. The zero-order valence-corrected chi connectivity index (χ0v) is 9.89. The number of nitrogens with zero attached hydrogens (tertiary/aromatic N) is 1. The lowest BCUT2D eigenvalue weighted by Crippen LogP contribution is -2.02. The van der Waals surface area contributed by atoms with E-state index in [1.54, 1.807) is 7.11 Å². The molecule has 3 heteroatoms. The van der Waals surface area contributed by atoms with Gasteiger partial charge in [0.15, 0.2) is 0 Å². The Morgan fingerprint density at radius 3 is 2.65 bits per heavy atom. The summed E-state index contributed by atoms with van der Waals surface area (Å²) in [5.74, 6) is 0.839. The fraction of sp³-hybridized carbons (Fsp3) is 0.214. The first-order chi connectivity index (χ1) is 8.35. The van der Waals surface area contributed by atoms with Gasteiger partial charge in [0.25, 0.3) is 0 Å². The van der Waals surface area contributed by atoms with Crippen LogP contribution in [0.15, 0.2) is 42.6 Å². The predicted molar refractivity (Wildman–Crippen MR) is 69.0 cm³/mol. The third-order valence-electron chi connectivity index (χ3n) is 2.64. The molecule has 0 aliphatic carbocycles. The largest absolute Gasteiger partial charge is 0.496 e. The standard InChI is InChI=1S/C14H16N2O/c1-17-14-5-3-2-4-12(14)13-7-6-11(8-9-15)10-16-13/h2-7,10H,8-9,15H2,1H3. The van der Waals surface area contributed by atoms with E-state index in [4.69, 9.17) is 10.5 Å². The van der Waals surface area contributed by atoms with Gasteiger partial charge in [0.1, 0.15) is 5.75 Å². The van der Waals surface area contributed by atoms with E-state index in [0.29, 0.717) is 6.54 Å². The lowest BCUT2D eigenvalue weighted by Gasteiger charge is -2.07. The summed E-state index contributed by atoms with van der Waals surface area (Å²) in [7, 11) is 1.67. The number of rotatable bonds is 4. The van der Waals surface area contributed by atoms with Crippen molar-refractivity contribution < 1.29 is 4.74 Å². The number of ether oxygens (including phenoxy) is 1. The van der Waals surface area contributed by atoms with E-state index in [9.17, 15) is 0 Å². The Morgan fingerprint density at radius 2 is 2.00 bits per heavy atom. The van der Waals surface area contributed by atoms with Crippen molar-refractivity contribution in [2.24, 2.45) is 5.73 Å². The maximum Gasteiger partial charge on any atom is 0.128 e. The Labute approximate surface area is 101 Å². The van der Waals surface area contributed by atoms with Crippen molar-refractivity contribution in [3.8, 4) is 17.0 Å². The van der Waals surface area contributed by atoms with Crippen LogP contribution in [0.1, 0.15) is 5.56 Å². The van der Waals surface area contributed by atoms with Crippen molar-refractivity contribution in [1.29, 1.82) is 0 Å². The Kier molecular flexibility index (Phi) is 3.73. The van der Waals surface area contributed by atoms with Crippen molar-refractivity contribution in [2.45, 2.75) is 6.42 Å². The summed E-state index contributed by atoms with van der Waals surface area (Å²) in [5, 5.41) is 0. The van der Waals surface area contributed by atoms with Crippen LogP contribution in [0.5, 0.6) is 5.75 Å². The van der Waals surface area contributed by atoms with Gasteiger partial charge in [0, 0.05) is 11.8 Å². The molecule has 3 nitrogen and oxygen atoms in total. The van der Waals surface area contributed by atoms with Crippen LogP contribution in [-0.2, 0) is 6.42 Å². The minimum absolute atomic E-state index is 0.648. The fourth-order valence-corrected chi connectivity index (χ4v) is 1.75. The van der Waals surface area contributed by atoms with Crippen molar-refractivity contribution in [2.75, 3.05) is 13.7 Å². The van der Waals surface area contributed by atoms with Gasteiger partial charge >= 0.3 is 0 Å². The van der Waals surface area contributed by atoms with E-state index in [1.807, 2.05) is 36.5 Å². The molecule has 2 rings (SSSR count). The molecular formula is C14H16N2O. The highest BCUT2D eigenvalue weighted by atomic mass is 16.5. The summed E-state index contributed by atoms with van der Waals surface area (Å²) in [6.45, 7) is 0.648. The van der Waals surface area contributed by atoms with E-state index in [2.05, 4.69) is 11.1 Å². The van der Waals surface area contributed by atoms with Gasteiger partial charge in [-0.2, -0.15) is 0 Å². The van der Waals surface area contributed by atoms with Gasteiger partial charge in [-0.15, -0.1) is 0 Å². The number of hydrogen-bond donors (Lipinski definition) is 1. The zero-order chi connectivity index (χ0) is 12.1. The molecular weight excluding hydrogens is 212 g/mol. The van der Waals surface area contributed by atoms with E-state index in [-0.39, 0.29) is 0 Å². The third kappa shape index (κ3) is 2.63. The van der Waals surface area contributed by atoms with Gasteiger partial charge < -0.3 is 10.5 Å². The minimum Gasteiger partial charge on any atom is -0.496 e. The Morgan fingerprint density at radius 1 is 1.18 bits per heavy atom. The molecule has 0 aliphatic rings. The number of para-hydroxylation sites is 1. The summed E-state index contributed by atoms with van der Waals surface area (Å²) in [6.07, 6.45) is 2.73. The van der Waals surface area contributed by atoms with Crippen LogP contribution in [0.3, 0.4) is 0 Å². The van der Waals surface area contributed by atoms with Crippen molar-refractivity contribution >= 4 is 0 Å². The second-order valence-corrected chi connectivity index (χ2v) is 3.79. The predicted octanol–water partition coefficient (Wildman–Crippen LogP) is 2.26. The van der Waals surface area contributed by atoms with Gasteiger partial charge in [-0.25, -0.2) is 0 Å². The van der Waals surface area contributed by atoms with Crippen LogP contribution in [0.4, 0.5) is 0 Å². The second-order valence-electron chi connectivity index (χ2n) is 3.79. The summed E-state index contributed by atoms with van der Waals surface area (Å²) in [4.78, 5) is 4.44. The average Bonchev–Trinajstić information content (AvgIpc) is 2.40. The number of pyridine rings is 1. The first-order valence-electron chi connectivity index (χ1n) is 5.63. The van der Waals surface area contributed by atoms with Gasteiger partial charge in [-0.05, 0) is 36.7 Å². The summed E-state index contributed by atoms with van der Waals surface area (Å²) < 4.78 is 5.32. The van der Waals surface area contributed by atoms with Crippen LogP contribution in [-0.4, -0.2) is 18.6 Å². The third-order valence-corrected chi connectivity index (χ3v) is 2.64. The van der Waals surface area contributed by atoms with Gasteiger partial charge in [-0.1, -0.05) is 18.2 Å². The molecule has 0 atom stereocenters. The molecule has 17 heavy (non-hydrogen) atoms. The number of benzene rings is 1. The molecule has 1 aromatic carbocycles. The highest BCUT2D eigenvalue weighted by Crippen LogP contribution is 2.27. The van der Waals surface area contributed by atoms with Crippen LogP contribution in [0.25, 0.3) is 11.3 Å². The molecule has 0 aliphatic heterocycles. The van der Waals surface area contributed by atoms with Crippen molar-refractivity contribution in [1.82, 2.24) is 4.98 Å². The molecule has 0 radical (unpaired) electrons. The normalized spacial score (nSPS) is 10.2. The number of hydrogen-bond acceptors (Lipinski definition) is 3. The van der Waals surface area contributed by atoms with E-state index in [1.165, 1.54) is 0 Å². The molecule has 0 bridgehead atoms. The maximum absolute atomic E-state index is 5.51. The fourth-order valence-electron chi connectivity index (χ4n) is 1.75. The highest BCUT2D eigenvalue weighted by Gasteiger charge is 2.05. The van der Waals surface area contributed by atoms with E-state index >= 15 is 0 Å². The molecule has 0 saturated carbocycles. The summed E-state index contributed by atoms with van der Waals surface area (Å²) in [6, 6.07) is 11.9. The molecule has 1 aromatic heterocycles. The first kappa shape index (κ1) is 11.6. The smallest absolute Gasteiger partial charge is 0.128 e. The number of methoxy groups -OCH3 is 1. The molecule has 88 valence electrons. The van der Waals surface area contributed by atoms with Gasteiger partial charge in [-0.3, -0.25) is 4.98 Å². The Balaban J connectivity index is 2.33. The lowest BCUT2D eigenvalue weighted by atomic mass is 10.1. The quantitative estimate of drug-likeness (QED) is 0.873. The highest BCUT2D eigenvalue weighted by molar-refractivity contribution is 5.66. The Hall–Kier alpha value is -1.87. The van der Waals surface area contributed by atoms with Crippen LogP contribution < -0.4 is 10.5 Å². The minimum atomic E-state index is 0.648. The van der Waals surface area contributed by atoms with Crippen LogP contribution >= 0.6 is 0 Å². The van der Waals surface area contributed by atoms with Gasteiger partial charge in [0.05, 0.1) is 12.8 Å². The molecule has 2 aromatic rings. The lowest BCUT2D eigenvalue weighted by molar-refractivity contribution is 0.416. The molecule has 0 spiro atoms. The average molecular weight is 228 g/mol. The first-order valence-corrected chi connectivity index (χ1v) is 5.63. The second kappa shape index (κ2) is 5.46. The van der Waals surface area contributed by atoms with Crippen molar-refractivity contribution in [3.63, 3.8) is 0 Å². The van der Waals surface area contributed by atoms with Crippen LogP contribution in [0, 0.1) is 0 Å². The Bertz CT molecular complexity index is 480. The van der Waals surface area contributed by atoms with Crippen molar-refractivity contribution in [3.05, 3.63) is 48.2 Å². The van der Waals surface area contributed by atoms with E-state index in [0.717, 1.165) is 29.0 Å². The maximum atomic E-state index is 5.51. The zero-order valence-electron chi connectivity index (χ0n) is 9.89. The molecule has 2 N–H and O–H groups in total. The number of aromatic nitrogens is 1. The monoisotopic (exact) mass is 228 g/mol. The molecule has 0 amide bonds. The van der Waals surface area contributed by atoms with Gasteiger partial charge in [0.2, 0.25) is 0 Å². The SMILES string of the molecule is COc1ccccc1-c1ccc(CCN)cn1. The summed E-state index contributed by atoms with van der Waals surface area (Å²) in [5.41, 5.74) is 8.59. The van der Waals surface area contributed by atoms with Crippen LogP contribution in [0.2, 0.25) is 0 Å². The summed E-state index contributed by atoms with van der Waals surface area (Å²) >= 11 is 0. The van der Waals surface area contributed by atoms with E-state index < -0.39 is 0 Å². The molecule has 0 saturated heterocycles. The number of nitrogens with two attached hydrogens (primary N) is 1.